The molecule has 0 saturated heterocycles. The van der Waals surface area contributed by atoms with E-state index in [4.69, 9.17) is 28.9 Å². The first-order valence-corrected chi connectivity index (χ1v) is 10.5. The first-order chi connectivity index (χ1) is 16.5. The molecule has 34 heavy (non-hydrogen) atoms. The maximum absolute atomic E-state index is 10.7. The number of phenols is 1. The Morgan fingerprint density at radius 3 is 1.56 bits per heavy atom. The van der Waals surface area contributed by atoms with Crippen LogP contribution in [0.2, 0.25) is 0 Å². The average molecular weight is 460 g/mol. The summed E-state index contributed by atoms with van der Waals surface area (Å²) in [7, 11) is 6.32. The third-order valence-corrected chi connectivity index (χ3v) is 5.41. The summed E-state index contributed by atoms with van der Waals surface area (Å²) >= 11 is 0. The number of ether oxygens (including phenoxy) is 4. The maximum atomic E-state index is 10.7. The number of methoxy groups -OCH3 is 4. The minimum atomic E-state index is -0.00408. The van der Waals surface area contributed by atoms with Crippen LogP contribution in [0.1, 0.15) is 5.56 Å². The Hall–Kier alpha value is -4.33. The molecule has 0 radical (unpaired) electrons. The van der Waals surface area contributed by atoms with E-state index < -0.39 is 0 Å². The number of aromatic nitrogens is 3. The van der Waals surface area contributed by atoms with Gasteiger partial charge in [0.25, 0.3) is 0 Å². The van der Waals surface area contributed by atoms with Crippen molar-refractivity contribution in [2.24, 2.45) is 0 Å². The molecule has 0 aliphatic rings. The third-order valence-electron chi connectivity index (χ3n) is 5.41. The van der Waals surface area contributed by atoms with E-state index in [9.17, 15) is 5.11 Å². The SMILES string of the molecule is COc1ccc(-c2nc(-c3ccc(OC)cc3O)nc(-c3ccc(OC)cc3OC)n2)c(C)c1. The first kappa shape index (κ1) is 22.8. The minimum Gasteiger partial charge on any atom is -0.507 e. The predicted molar refractivity (Wildman–Crippen MR) is 129 cm³/mol. The van der Waals surface area contributed by atoms with Gasteiger partial charge in [-0.2, -0.15) is 0 Å². The Morgan fingerprint density at radius 2 is 1.03 bits per heavy atom. The van der Waals surface area contributed by atoms with Gasteiger partial charge in [0.15, 0.2) is 17.5 Å². The van der Waals surface area contributed by atoms with Crippen LogP contribution in [0.15, 0.2) is 54.6 Å². The molecule has 8 heteroatoms. The lowest BCUT2D eigenvalue weighted by Crippen LogP contribution is -2.02. The number of hydrogen-bond donors (Lipinski definition) is 1. The summed E-state index contributed by atoms with van der Waals surface area (Å²) in [4.78, 5) is 14.1. The first-order valence-electron chi connectivity index (χ1n) is 10.5. The molecule has 3 aromatic carbocycles. The van der Waals surface area contributed by atoms with Crippen LogP contribution >= 0.6 is 0 Å². The van der Waals surface area contributed by atoms with Gasteiger partial charge in [0, 0.05) is 17.7 Å². The van der Waals surface area contributed by atoms with Gasteiger partial charge in [0.2, 0.25) is 0 Å². The lowest BCUT2D eigenvalue weighted by Gasteiger charge is -2.14. The van der Waals surface area contributed by atoms with Gasteiger partial charge in [-0.15, -0.1) is 0 Å². The van der Waals surface area contributed by atoms with Crippen LogP contribution < -0.4 is 18.9 Å². The van der Waals surface area contributed by atoms with Gasteiger partial charge in [-0.3, -0.25) is 0 Å². The van der Waals surface area contributed by atoms with Crippen molar-refractivity contribution in [3.63, 3.8) is 0 Å². The zero-order chi connectivity index (χ0) is 24.2. The predicted octanol–water partition coefficient (Wildman–Crippen LogP) is 4.92. The zero-order valence-electron chi connectivity index (χ0n) is 19.6. The average Bonchev–Trinajstić information content (AvgIpc) is 2.87. The highest BCUT2D eigenvalue weighted by atomic mass is 16.5. The van der Waals surface area contributed by atoms with E-state index in [1.165, 1.54) is 13.2 Å². The van der Waals surface area contributed by atoms with E-state index in [0.717, 1.165) is 16.9 Å². The quantitative estimate of drug-likeness (QED) is 0.416. The van der Waals surface area contributed by atoms with E-state index in [-0.39, 0.29) is 5.75 Å². The summed E-state index contributed by atoms with van der Waals surface area (Å²) in [6.07, 6.45) is 0. The van der Waals surface area contributed by atoms with Crippen molar-refractivity contribution in [3.05, 3.63) is 60.2 Å². The number of aromatic hydroxyl groups is 1. The van der Waals surface area contributed by atoms with Crippen LogP contribution in [-0.4, -0.2) is 48.5 Å². The molecule has 1 aromatic heterocycles. The number of benzene rings is 3. The molecular weight excluding hydrogens is 434 g/mol. The van der Waals surface area contributed by atoms with Crippen molar-refractivity contribution in [1.29, 1.82) is 0 Å². The highest BCUT2D eigenvalue weighted by molar-refractivity contribution is 5.73. The number of phenolic OH excluding ortho intramolecular Hbond substituents is 1. The third kappa shape index (κ3) is 4.43. The van der Waals surface area contributed by atoms with Gasteiger partial charge in [0.05, 0.1) is 39.6 Å². The Labute approximate surface area is 197 Å². The van der Waals surface area contributed by atoms with Gasteiger partial charge in [-0.1, -0.05) is 0 Å². The summed E-state index contributed by atoms with van der Waals surface area (Å²) in [6.45, 7) is 1.96. The normalized spacial score (nSPS) is 10.6. The van der Waals surface area contributed by atoms with Crippen LogP contribution in [0, 0.1) is 6.92 Å². The Bertz CT molecular complexity index is 1270. The van der Waals surface area contributed by atoms with Gasteiger partial charge in [-0.05, 0) is 55.0 Å². The second-order valence-electron chi connectivity index (χ2n) is 7.44. The Balaban J connectivity index is 1.96. The van der Waals surface area contributed by atoms with Gasteiger partial charge in [-0.25, -0.2) is 15.0 Å². The maximum Gasteiger partial charge on any atom is 0.167 e. The summed E-state index contributed by atoms with van der Waals surface area (Å²) in [6, 6.07) is 16.0. The molecule has 8 nitrogen and oxygen atoms in total. The molecule has 1 N–H and O–H groups in total. The molecule has 0 fully saturated rings. The second-order valence-corrected chi connectivity index (χ2v) is 7.44. The van der Waals surface area contributed by atoms with Crippen molar-refractivity contribution in [1.82, 2.24) is 15.0 Å². The smallest absolute Gasteiger partial charge is 0.167 e. The fourth-order valence-electron chi connectivity index (χ4n) is 3.56. The monoisotopic (exact) mass is 459 g/mol. The lowest BCUT2D eigenvalue weighted by molar-refractivity contribution is 0.395. The van der Waals surface area contributed by atoms with Gasteiger partial charge in [0.1, 0.15) is 28.7 Å². The Kier molecular flexibility index (Phi) is 6.49. The number of hydrogen-bond acceptors (Lipinski definition) is 8. The fourth-order valence-corrected chi connectivity index (χ4v) is 3.56. The topological polar surface area (TPSA) is 95.8 Å². The largest absolute Gasteiger partial charge is 0.507 e. The van der Waals surface area contributed by atoms with E-state index >= 15 is 0 Å². The molecule has 0 aliphatic heterocycles. The molecule has 4 aromatic rings. The van der Waals surface area contributed by atoms with Gasteiger partial charge < -0.3 is 24.1 Å². The molecule has 0 amide bonds. The molecule has 0 saturated carbocycles. The summed E-state index contributed by atoms with van der Waals surface area (Å²) < 4.78 is 21.4. The second kappa shape index (κ2) is 9.66. The van der Waals surface area contributed by atoms with Crippen molar-refractivity contribution in [2.45, 2.75) is 6.92 Å². The van der Waals surface area contributed by atoms with E-state index in [0.29, 0.717) is 45.8 Å². The number of nitrogens with zero attached hydrogens (tertiary/aromatic N) is 3. The Morgan fingerprint density at radius 1 is 0.559 bits per heavy atom. The molecule has 0 aliphatic carbocycles. The molecule has 0 unspecified atom stereocenters. The lowest BCUT2D eigenvalue weighted by atomic mass is 10.1. The highest BCUT2D eigenvalue weighted by Gasteiger charge is 2.19. The van der Waals surface area contributed by atoms with Crippen molar-refractivity contribution >= 4 is 0 Å². The van der Waals surface area contributed by atoms with Gasteiger partial charge >= 0.3 is 0 Å². The van der Waals surface area contributed by atoms with Crippen LogP contribution in [0.5, 0.6) is 28.7 Å². The van der Waals surface area contributed by atoms with Crippen LogP contribution in [-0.2, 0) is 0 Å². The molecule has 1 heterocycles. The van der Waals surface area contributed by atoms with Crippen molar-refractivity contribution in [2.75, 3.05) is 28.4 Å². The summed E-state index contributed by atoms with van der Waals surface area (Å²) in [5.41, 5.74) is 2.85. The standard InChI is InChI=1S/C26H25N3O5/c1-15-12-16(31-2)6-9-19(15)24-27-25(20-10-7-17(32-3)13-22(20)30)29-26(28-24)21-11-8-18(33-4)14-23(21)34-5/h6-14,30H,1-5H3. The molecule has 0 atom stereocenters. The molecule has 174 valence electrons. The minimum absolute atomic E-state index is 0.00408. The zero-order valence-corrected chi connectivity index (χ0v) is 19.6. The van der Waals surface area contributed by atoms with Crippen molar-refractivity contribution in [3.8, 4) is 62.9 Å². The summed E-state index contributed by atoms with van der Waals surface area (Å²) in [5, 5.41) is 10.7. The molecule has 0 spiro atoms. The van der Waals surface area contributed by atoms with Crippen molar-refractivity contribution < 1.29 is 24.1 Å². The summed E-state index contributed by atoms with van der Waals surface area (Å²) in [5.74, 6) is 3.61. The van der Waals surface area contributed by atoms with E-state index in [2.05, 4.69) is 4.98 Å². The number of rotatable bonds is 7. The van der Waals surface area contributed by atoms with E-state index in [1.807, 2.05) is 37.3 Å². The molecule has 4 rings (SSSR count). The van der Waals surface area contributed by atoms with Crippen LogP contribution in [0.4, 0.5) is 0 Å². The fraction of sp³-hybridized carbons (Fsp3) is 0.192. The van der Waals surface area contributed by atoms with Crippen LogP contribution in [0.25, 0.3) is 34.2 Å². The highest BCUT2D eigenvalue weighted by Crippen LogP contribution is 2.36. The molecular formula is C26H25N3O5. The molecule has 0 bridgehead atoms. The number of aryl methyl sites for hydroxylation is 1. The van der Waals surface area contributed by atoms with E-state index in [1.54, 1.807) is 39.5 Å². The van der Waals surface area contributed by atoms with Crippen LogP contribution in [0.3, 0.4) is 0 Å².